The van der Waals surface area contributed by atoms with Crippen LogP contribution in [0.25, 0.3) is 6.20 Å². The molecule has 2 unspecified atom stereocenters. The minimum Gasteiger partial charge on any atom is -0.354 e. The molecule has 1 saturated heterocycles. The molecule has 2 aliphatic rings. The first-order valence-electron chi connectivity index (χ1n) is 8.13. The second kappa shape index (κ2) is 5.78. The van der Waals surface area contributed by atoms with E-state index in [-0.39, 0.29) is 24.1 Å². The summed E-state index contributed by atoms with van der Waals surface area (Å²) in [6, 6.07) is 16.0. The highest BCUT2D eigenvalue weighted by Crippen LogP contribution is 2.23. The minimum absolute atomic E-state index is 0.0226. The summed E-state index contributed by atoms with van der Waals surface area (Å²) >= 11 is 0. The Morgan fingerprint density at radius 3 is 2.83 bits per heavy atom. The van der Waals surface area contributed by atoms with Crippen molar-refractivity contribution in [2.75, 3.05) is 6.54 Å². The maximum absolute atomic E-state index is 14.0. The number of rotatable bonds is 3. The lowest BCUT2D eigenvalue weighted by molar-refractivity contribution is 0.319. The lowest BCUT2D eigenvalue weighted by atomic mass is 10.1. The number of benzene rings is 2. The van der Waals surface area contributed by atoms with Gasteiger partial charge < -0.3 is 10.2 Å². The van der Waals surface area contributed by atoms with Gasteiger partial charge in [0, 0.05) is 30.0 Å². The van der Waals surface area contributed by atoms with E-state index < -0.39 is 0 Å². The smallest absolute Gasteiger partial charge is 0.149 e. The zero-order chi connectivity index (χ0) is 15.8. The second-order valence-electron chi connectivity index (χ2n) is 6.28. The maximum atomic E-state index is 14.0. The monoisotopic (exact) mass is 309 g/mol. The Morgan fingerprint density at radius 2 is 2.00 bits per heavy atom. The van der Waals surface area contributed by atoms with E-state index in [2.05, 4.69) is 41.4 Å². The molecule has 2 aromatic rings. The number of nitrogens with one attached hydrogen (secondary N) is 1. The number of fused-ring (bicyclic) bond motifs is 2. The van der Waals surface area contributed by atoms with Crippen LogP contribution in [-0.2, 0) is 0 Å². The van der Waals surface area contributed by atoms with Crippen LogP contribution in [0.3, 0.4) is 0 Å². The number of nitrogens with zero attached hydrogens (tertiary/aromatic N) is 2. The highest BCUT2D eigenvalue weighted by Gasteiger charge is 2.34. The van der Waals surface area contributed by atoms with Crippen molar-refractivity contribution in [1.82, 2.24) is 10.2 Å². The summed E-state index contributed by atoms with van der Waals surface area (Å²) in [5.74, 6) is -0.236. The van der Waals surface area contributed by atoms with Gasteiger partial charge >= 0.3 is 0 Å². The molecule has 23 heavy (non-hydrogen) atoms. The van der Waals surface area contributed by atoms with Crippen LogP contribution >= 0.6 is 0 Å². The molecular weight excluding hydrogens is 289 g/mol. The van der Waals surface area contributed by atoms with Gasteiger partial charge in [-0.15, -0.1) is 0 Å². The molecule has 4 heteroatoms. The maximum Gasteiger partial charge on any atom is 0.149 e. The molecule has 4 rings (SSSR count). The topological polar surface area (TPSA) is 27.6 Å². The summed E-state index contributed by atoms with van der Waals surface area (Å²) < 4.78 is 14.0. The summed E-state index contributed by atoms with van der Waals surface area (Å²) in [6.07, 6.45) is 3.04. The summed E-state index contributed by atoms with van der Waals surface area (Å²) in [6.45, 7) is 3.11. The van der Waals surface area contributed by atoms with E-state index in [9.17, 15) is 4.39 Å². The molecule has 0 bridgehead atoms. The van der Waals surface area contributed by atoms with Crippen molar-refractivity contribution in [3.05, 3.63) is 70.5 Å². The SMILES string of the molecule is C[C@H](NC1CCN2C=c3cccc(F)c3=NC12)c1ccccc1. The molecular formula is C19H20FN3. The zero-order valence-corrected chi connectivity index (χ0v) is 13.1. The van der Waals surface area contributed by atoms with Gasteiger partial charge in [-0.3, -0.25) is 4.99 Å². The average Bonchev–Trinajstić information content (AvgIpc) is 2.96. The molecule has 0 spiro atoms. The normalized spacial score (nSPS) is 23.5. The summed E-state index contributed by atoms with van der Waals surface area (Å²) in [5.41, 5.74) is 1.26. The lowest BCUT2D eigenvalue weighted by Gasteiger charge is -2.28. The van der Waals surface area contributed by atoms with Crippen LogP contribution in [-0.4, -0.2) is 23.7 Å². The van der Waals surface area contributed by atoms with E-state index in [1.807, 2.05) is 18.3 Å². The van der Waals surface area contributed by atoms with Gasteiger partial charge in [0.2, 0.25) is 0 Å². The molecule has 0 aromatic heterocycles. The molecule has 0 saturated carbocycles. The van der Waals surface area contributed by atoms with Gasteiger partial charge in [-0.05, 0) is 25.0 Å². The van der Waals surface area contributed by atoms with Gasteiger partial charge in [0.05, 0.1) is 0 Å². The minimum atomic E-state index is -0.236. The van der Waals surface area contributed by atoms with Crippen LogP contribution < -0.4 is 15.9 Å². The molecule has 2 aliphatic heterocycles. The van der Waals surface area contributed by atoms with Crippen molar-refractivity contribution in [1.29, 1.82) is 0 Å². The van der Waals surface area contributed by atoms with E-state index in [1.165, 1.54) is 11.6 Å². The summed E-state index contributed by atoms with van der Waals surface area (Å²) in [5, 5.41) is 5.04. The van der Waals surface area contributed by atoms with Gasteiger partial charge in [-0.2, -0.15) is 0 Å². The molecule has 2 heterocycles. The standard InChI is InChI=1S/C19H20FN3/c1-13(14-6-3-2-4-7-14)21-17-10-11-23-12-15-8-5-9-16(20)18(15)22-19(17)23/h2-9,12-13,17,19,21H,10-11H2,1H3/t13-,17?,19?/m0/s1. The number of hydrogen-bond acceptors (Lipinski definition) is 3. The fourth-order valence-electron chi connectivity index (χ4n) is 3.52. The van der Waals surface area contributed by atoms with Crippen molar-refractivity contribution in [2.45, 2.75) is 31.6 Å². The molecule has 0 aliphatic carbocycles. The predicted molar refractivity (Wildman–Crippen MR) is 88.5 cm³/mol. The van der Waals surface area contributed by atoms with Crippen molar-refractivity contribution in [3.63, 3.8) is 0 Å². The van der Waals surface area contributed by atoms with Gasteiger partial charge in [0.15, 0.2) is 0 Å². The fourth-order valence-corrected chi connectivity index (χ4v) is 3.52. The third-order valence-electron chi connectivity index (χ3n) is 4.75. The molecule has 1 fully saturated rings. The van der Waals surface area contributed by atoms with Crippen LogP contribution in [0.15, 0.2) is 53.5 Å². The fraction of sp³-hybridized carbons (Fsp3) is 0.316. The van der Waals surface area contributed by atoms with E-state index >= 15 is 0 Å². The lowest BCUT2D eigenvalue weighted by Crippen LogP contribution is -2.47. The Balaban J connectivity index is 1.60. The molecule has 118 valence electrons. The second-order valence-corrected chi connectivity index (χ2v) is 6.28. The molecule has 1 N–H and O–H groups in total. The van der Waals surface area contributed by atoms with Crippen molar-refractivity contribution in [3.8, 4) is 0 Å². The van der Waals surface area contributed by atoms with E-state index in [0.717, 1.165) is 18.2 Å². The summed E-state index contributed by atoms with van der Waals surface area (Å²) in [7, 11) is 0. The van der Waals surface area contributed by atoms with Crippen molar-refractivity contribution >= 4 is 6.20 Å². The van der Waals surface area contributed by atoms with E-state index in [4.69, 9.17) is 4.99 Å². The highest BCUT2D eigenvalue weighted by molar-refractivity contribution is 5.28. The molecule has 0 radical (unpaired) electrons. The Morgan fingerprint density at radius 1 is 1.17 bits per heavy atom. The first-order chi connectivity index (χ1) is 11.2. The van der Waals surface area contributed by atoms with Crippen LogP contribution in [0, 0.1) is 5.82 Å². The first-order valence-corrected chi connectivity index (χ1v) is 8.13. The molecule has 3 atom stereocenters. The third-order valence-corrected chi connectivity index (χ3v) is 4.75. The highest BCUT2D eigenvalue weighted by atomic mass is 19.1. The van der Waals surface area contributed by atoms with Gasteiger partial charge in [0.25, 0.3) is 0 Å². The Kier molecular flexibility index (Phi) is 3.62. The average molecular weight is 309 g/mol. The predicted octanol–water partition coefficient (Wildman–Crippen LogP) is 1.95. The first kappa shape index (κ1) is 14.4. The van der Waals surface area contributed by atoms with Crippen molar-refractivity contribution < 1.29 is 4.39 Å². The van der Waals surface area contributed by atoms with Crippen LogP contribution in [0.4, 0.5) is 4.39 Å². The van der Waals surface area contributed by atoms with Crippen molar-refractivity contribution in [2.24, 2.45) is 4.99 Å². The largest absolute Gasteiger partial charge is 0.354 e. The van der Waals surface area contributed by atoms with Gasteiger partial charge in [-0.25, -0.2) is 4.39 Å². The zero-order valence-electron chi connectivity index (χ0n) is 13.1. The molecule has 2 aromatic carbocycles. The van der Waals surface area contributed by atoms with Gasteiger partial charge in [0.1, 0.15) is 17.3 Å². The van der Waals surface area contributed by atoms with Gasteiger partial charge in [-0.1, -0.05) is 42.5 Å². The Hall–Kier alpha value is -2.20. The summed E-state index contributed by atoms with van der Waals surface area (Å²) in [4.78, 5) is 6.91. The Bertz CT molecular complexity index is 818. The quantitative estimate of drug-likeness (QED) is 0.938. The Labute approximate surface area is 135 Å². The van der Waals surface area contributed by atoms with Crippen LogP contribution in [0.5, 0.6) is 0 Å². The molecule has 3 nitrogen and oxygen atoms in total. The van der Waals surface area contributed by atoms with Crippen LogP contribution in [0.1, 0.15) is 24.9 Å². The number of para-hydroxylation sites is 1. The third kappa shape index (κ3) is 2.63. The van der Waals surface area contributed by atoms with E-state index in [1.54, 1.807) is 6.07 Å². The number of halogens is 1. The van der Waals surface area contributed by atoms with Crippen LogP contribution in [0.2, 0.25) is 0 Å². The van der Waals surface area contributed by atoms with E-state index in [0.29, 0.717) is 5.36 Å². The number of hydrogen-bond donors (Lipinski definition) is 1. The molecule has 0 amide bonds.